The van der Waals surface area contributed by atoms with E-state index < -0.39 is 12.3 Å². The Bertz CT molecular complexity index is 1360. The maximum atomic E-state index is 11.8. The molecular weight excluding hydrogens is 504 g/mol. The molecular formula is C30H42N8O2. The van der Waals surface area contributed by atoms with Crippen LogP contribution in [-0.2, 0) is 11.4 Å². The van der Waals surface area contributed by atoms with Crippen LogP contribution in [0.2, 0.25) is 0 Å². The SMILES string of the molecule is CCC1CCC(Cn2c(-c3cc(C(C)C)ccn3)nc3nc(C4NOC(=O)N4)nc(N[C@H](C)C4CCC4)c32)CC1. The third kappa shape index (κ3) is 5.38. The van der Waals surface area contributed by atoms with Crippen LogP contribution in [0, 0.1) is 17.8 Å². The van der Waals surface area contributed by atoms with E-state index in [-0.39, 0.29) is 6.04 Å². The van der Waals surface area contributed by atoms with Crippen LogP contribution in [0.5, 0.6) is 0 Å². The van der Waals surface area contributed by atoms with E-state index in [9.17, 15) is 4.79 Å². The molecule has 1 amide bonds. The van der Waals surface area contributed by atoms with Gasteiger partial charge in [-0.05, 0) is 74.0 Å². The quantitative estimate of drug-likeness (QED) is 0.296. The number of nitrogens with zero attached hydrogens (tertiary/aromatic N) is 5. The highest BCUT2D eigenvalue weighted by Crippen LogP contribution is 2.37. The molecule has 0 aromatic carbocycles. The van der Waals surface area contributed by atoms with Gasteiger partial charge in [-0.25, -0.2) is 19.7 Å². The second-order valence-corrected chi connectivity index (χ2v) is 12.3. The monoisotopic (exact) mass is 546 g/mol. The number of imidazole rings is 1. The molecule has 3 aromatic rings. The number of fused-ring (bicyclic) bond motifs is 1. The summed E-state index contributed by atoms with van der Waals surface area (Å²) in [4.78, 5) is 36.4. The summed E-state index contributed by atoms with van der Waals surface area (Å²) in [6.07, 6.45) is 10.7. The highest BCUT2D eigenvalue weighted by molar-refractivity contribution is 5.87. The third-order valence-electron chi connectivity index (χ3n) is 9.30. The number of anilines is 1. The topological polar surface area (TPSA) is 119 Å². The normalized spacial score (nSPS) is 24.1. The van der Waals surface area contributed by atoms with Gasteiger partial charge in [-0.2, -0.15) is 0 Å². The molecule has 0 bridgehead atoms. The molecule has 6 rings (SSSR count). The molecule has 40 heavy (non-hydrogen) atoms. The molecule has 3 aliphatic rings. The Hall–Kier alpha value is -3.27. The van der Waals surface area contributed by atoms with E-state index in [0.29, 0.717) is 29.2 Å². The molecule has 214 valence electrons. The van der Waals surface area contributed by atoms with Crippen LogP contribution >= 0.6 is 0 Å². The van der Waals surface area contributed by atoms with Crippen molar-refractivity contribution in [2.75, 3.05) is 5.32 Å². The van der Waals surface area contributed by atoms with Crippen molar-refractivity contribution in [1.82, 2.24) is 35.3 Å². The van der Waals surface area contributed by atoms with E-state index in [4.69, 9.17) is 24.8 Å². The lowest BCUT2D eigenvalue weighted by atomic mass is 9.80. The van der Waals surface area contributed by atoms with Crippen LogP contribution in [0.3, 0.4) is 0 Å². The highest BCUT2D eigenvalue weighted by atomic mass is 16.7. The Labute approximate surface area is 236 Å². The van der Waals surface area contributed by atoms with Gasteiger partial charge in [0.05, 0.1) is 0 Å². The number of carbonyl (C=O) groups is 1. The summed E-state index contributed by atoms with van der Waals surface area (Å²) in [5.74, 6) is 4.39. The molecule has 1 saturated heterocycles. The smallest absolute Gasteiger partial charge is 0.365 e. The summed E-state index contributed by atoms with van der Waals surface area (Å²) in [6.45, 7) is 9.79. The molecule has 3 fully saturated rings. The fourth-order valence-electron chi connectivity index (χ4n) is 6.34. The van der Waals surface area contributed by atoms with Gasteiger partial charge in [0.2, 0.25) is 0 Å². The minimum atomic E-state index is -0.642. The molecule has 0 radical (unpaired) electrons. The second kappa shape index (κ2) is 11.3. The van der Waals surface area contributed by atoms with Crippen molar-refractivity contribution in [3.8, 4) is 11.5 Å². The van der Waals surface area contributed by atoms with Gasteiger partial charge in [0, 0.05) is 18.8 Å². The van der Waals surface area contributed by atoms with E-state index >= 15 is 0 Å². The molecule has 0 spiro atoms. The van der Waals surface area contributed by atoms with Crippen molar-refractivity contribution < 1.29 is 9.63 Å². The third-order valence-corrected chi connectivity index (χ3v) is 9.30. The number of pyridine rings is 1. The fraction of sp³-hybridized carbons (Fsp3) is 0.633. The first kappa shape index (κ1) is 26.9. The Morgan fingerprint density at radius 3 is 2.50 bits per heavy atom. The van der Waals surface area contributed by atoms with Gasteiger partial charge in [-0.1, -0.05) is 46.5 Å². The molecule has 3 aromatic heterocycles. The summed E-state index contributed by atoms with van der Waals surface area (Å²) >= 11 is 0. The minimum Gasteiger partial charge on any atom is -0.365 e. The van der Waals surface area contributed by atoms with Gasteiger partial charge in [0.15, 0.2) is 29.3 Å². The van der Waals surface area contributed by atoms with Gasteiger partial charge in [0.1, 0.15) is 11.2 Å². The summed E-state index contributed by atoms with van der Waals surface area (Å²) in [7, 11) is 0. The first-order valence-corrected chi connectivity index (χ1v) is 15.1. The van der Waals surface area contributed by atoms with Crippen LogP contribution in [0.4, 0.5) is 10.6 Å². The van der Waals surface area contributed by atoms with E-state index in [1.807, 2.05) is 6.20 Å². The zero-order chi connectivity index (χ0) is 27.8. The molecule has 1 aliphatic heterocycles. The van der Waals surface area contributed by atoms with Crippen LogP contribution < -0.4 is 16.1 Å². The number of amides is 1. The second-order valence-electron chi connectivity index (χ2n) is 12.3. The molecule has 10 heteroatoms. The zero-order valence-corrected chi connectivity index (χ0v) is 24.1. The van der Waals surface area contributed by atoms with Crippen molar-refractivity contribution >= 4 is 23.1 Å². The molecule has 2 atom stereocenters. The molecule has 10 nitrogen and oxygen atoms in total. The number of hydroxylamine groups is 1. The van der Waals surface area contributed by atoms with E-state index in [2.05, 4.69) is 60.5 Å². The molecule has 2 saturated carbocycles. The fourth-order valence-corrected chi connectivity index (χ4v) is 6.34. The van der Waals surface area contributed by atoms with Gasteiger partial charge >= 0.3 is 6.09 Å². The van der Waals surface area contributed by atoms with Crippen molar-refractivity contribution in [3.63, 3.8) is 0 Å². The maximum absolute atomic E-state index is 11.8. The number of rotatable bonds is 9. The van der Waals surface area contributed by atoms with Crippen molar-refractivity contribution in [1.29, 1.82) is 0 Å². The van der Waals surface area contributed by atoms with E-state index in [1.54, 1.807) is 0 Å². The Balaban J connectivity index is 1.47. The predicted molar refractivity (Wildman–Crippen MR) is 154 cm³/mol. The van der Waals surface area contributed by atoms with Gasteiger partial charge in [-0.3, -0.25) is 10.3 Å². The lowest BCUT2D eigenvalue weighted by molar-refractivity contribution is 0.120. The zero-order valence-electron chi connectivity index (χ0n) is 24.1. The first-order chi connectivity index (χ1) is 19.4. The van der Waals surface area contributed by atoms with Crippen LogP contribution in [0.1, 0.15) is 103 Å². The van der Waals surface area contributed by atoms with E-state index in [0.717, 1.165) is 35.3 Å². The maximum Gasteiger partial charge on any atom is 0.427 e. The van der Waals surface area contributed by atoms with E-state index in [1.165, 1.54) is 56.9 Å². The average molecular weight is 547 g/mol. The first-order valence-electron chi connectivity index (χ1n) is 15.1. The van der Waals surface area contributed by atoms with Gasteiger partial charge < -0.3 is 14.7 Å². The lowest BCUT2D eigenvalue weighted by Crippen LogP contribution is -2.32. The van der Waals surface area contributed by atoms with Crippen LogP contribution in [0.25, 0.3) is 22.7 Å². The Morgan fingerprint density at radius 1 is 1.07 bits per heavy atom. The van der Waals surface area contributed by atoms with Crippen molar-refractivity contribution in [3.05, 3.63) is 29.7 Å². The summed E-state index contributed by atoms with van der Waals surface area (Å²) in [6, 6.07) is 4.49. The molecule has 2 aliphatic carbocycles. The molecule has 3 N–H and O–H groups in total. The Kier molecular flexibility index (Phi) is 7.61. The van der Waals surface area contributed by atoms with Crippen LogP contribution in [-0.4, -0.2) is 36.6 Å². The summed E-state index contributed by atoms with van der Waals surface area (Å²) < 4.78 is 2.31. The number of aromatic nitrogens is 5. The standard InChI is InChI=1S/C30H42N8O2/c1-5-19-9-11-20(12-10-19)16-38-24-25(32-18(4)21-7-6-8-21)33-27(28-36-30(39)40-37-28)34-26(24)35-29(38)23-15-22(17(2)3)13-14-31-23/h13-15,17-21,28,37H,5-12,16H2,1-4H3,(H,36,39)(H,32,33,34)/t18-,19?,20?,28?/m1/s1. The van der Waals surface area contributed by atoms with Crippen LogP contribution in [0.15, 0.2) is 18.3 Å². The number of carbonyl (C=O) groups excluding carboxylic acids is 1. The number of nitrogens with one attached hydrogen (secondary N) is 3. The minimum absolute atomic E-state index is 0.260. The largest absolute Gasteiger partial charge is 0.427 e. The highest BCUT2D eigenvalue weighted by Gasteiger charge is 2.32. The van der Waals surface area contributed by atoms with Gasteiger partial charge in [-0.15, -0.1) is 5.48 Å². The summed E-state index contributed by atoms with van der Waals surface area (Å²) in [5.41, 5.74) is 6.29. The van der Waals surface area contributed by atoms with Gasteiger partial charge in [0.25, 0.3) is 0 Å². The molecule has 4 heterocycles. The van der Waals surface area contributed by atoms with Crippen molar-refractivity contribution in [2.24, 2.45) is 17.8 Å². The Morgan fingerprint density at radius 2 is 1.85 bits per heavy atom. The lowest BCUT2D eigenvalue weighted by Gasteiger charge is -2.32. The predicted octanol–water partition coefficient (Wildman–Crippen LogP) is 6.07. The number of hydrogen-bond donors (Lipinski definition) is 3. The average Bonchev–Trinajstić information content (AvgIpc) is 3.52. The number of hydrogen-bond acceptors (Lipinski definition) is 8. The molecule has 1 unspecified atom stereocenters. The van der Waals surface area contributed by atoms with Crippen molar-refractivity contribution in [2.45, 2.75) is 104 Å². The summed E-state index contributed by atoms with van der Waals surface area (Å²) in [5, 5.41) is 6.47.